The molecule has 3 aromatic carbocycles. The molecule has 1 saturated carbocycles. The molecule has 3 atom stereocenters. The van der Waals surface area contributed by atoms with Crippen molar-refractivity contribution in [3.8, 4) is 0 Å². The van der Waals surface area contributed by atoms with E-state index in [2.05, 4.69) is 106 Å². The maximum atomic E-state index is 7.08. The Hall–Kier alpha value is -2.28. The monoisotopic (exact) mass is 532 g/mol. The Morgan fingerprint density at radius 1 is 0.737 bits per heavy atom. The summed E-state index contributed by atoms with van der Waals surface area (Å²) < 4.78 is 25.6. The van der Waals surface area contributed by atoms with Crippen molar-refractivity contribution in [2.75, 3.05) is 20.3 Å². The van der Waals surface area contributed by atoms with Gasteiger partial charge in [-0.05, 0) is 46.7 Å². The number of benzene rings is 3. The van der Waals surface area contributed by atoms with Gasteiger partial charge >= 0.3 is 0 Å². The lowest BCUT2D eigenvalue weighted by molar-refractivity contribution is -0.0826. The Bertz CT molecular complexity index is 1030. The number of methoxy groups -OCH3 is 1. The topological polar surface area (TPSA) is 36.9 Å². The van der Waals surface area contributed by atoms with Gasteiger partial charge in [0.1, 0.15) is 6.10 Å². The molecule has 0 saturated heterocycles. The molecule has 0 bridgehead atoms. The third-order valence-corrected chi connectivity index (χ3v) is 12.7. The number of rotatable bonds is 12. The predicted molar refractivity (Wildman–Crippen MR) is 158 cm³/mol. The highest BCUT2D eigenvalue weighted by Crippen LogP contribution is 2.37. The van der Waals surface area contributed by atoms with Gasteiger partial charge in [0.2, 0.25) is 0 Å². The summed E-state index contributed by atoms with van der Waals surface area (Å²) in [7, 11) is -0.847. The van der Waals surface area contributed by atoms with Gasteiger partial charge in [-0.3, -0.25) is 0 Å². The fourth-order valence-corrected chi connectivity index (χ4v) is 10.2. The largest absolute Gasteiger partial charge is 0.405 e. The molecule has 204 valence electrons. The lowest BCUT2D eigenvalue weighted by Crippen LogP contribution is -2.67. The number of hydrogen-bond acceptors (Lipinski definition) is 4. The summed E-state index contributed by atoms with van der Waals surface area (Å²) in [6, 6.07) is 31.9. The standard InChI is InChI=1S/C33H44O4Si/c1-33(2,3)38(31-19-10-6-11-20-31,32-21-12-7-13-22-32)37-26-30(34-4)25-36-29-18-14-17-28(23-29)35-24-27-15-8-5-9-16-27/h5-13,15-16,19-22,28-30H,14,17-18,23-26H2,1-4H3/t28-,29+,30-/m1/s1. The molecule has 3 aromatic rings. The normalized spacial score (nSPS) is 19.3. The zero-order chi connectivity index (χ0) is 26.8. The zero-order valence-corrected chi connectivity index (χ0v) is 24.5. The molecular formula is C33H44O4Si. The van der Waals surface area contributed by atoms with E-state index in [0.717, 1.165) is 25.7 Å². The van der Waals surface area contributed by atoms with Crippen LogP contribution in [-0.2, 0) is 25.2 Å². The Balaban J connectivity index is 1.39. The summed E-state index contributed by atoms with van der Waals surface area (Å²) in [5.74, 6) is 0. The second kappa shape index (κ2) is 13.7. The van der Waals surface area contributed by atoms with E-state index in [1.54, 1.807) is 7.11 Å². The molecule has 0 spiro atoms. The molecule has 0 unspecified atom stereocenters. The summed E-state index contributed by atoms with van der Waals surface area (Å²) in [4.78, 5) is 0. The van der Waals surface area contributed by atoms with Crippen molar-refractivity contribution in [2.45, 2.75) is 76.4 Å². The average molecular weight is 533 g/mol. The summed E-state index contributed by atoms with van der Waals surface area (Å²) in [5.41, 5.74) is 1.22. The maximum Gasteiger partial charge on any atom is 0.261 e. The highest BCUT2D eigenvalue weighted by Gasteiger charge is 2.50. The smallest absolute Gasteiger partial charge is 0.261 e. The van der Waals surface area contributed by atoms with Crippen molar-refractivity contribution in [3.05, 3.63) is 96.6 Å². The van der Waals surface area contributed by atoms with Gasteiger partial charge in [0.15, 0.2) is 0 Å². The molecule has 1 aliphatic rings. The van der Waals surface area contributed by atoms with E-state index in [4.69, 9.17) is 18.6 Å². The van der Waals surface area contributed by atoms with E-state index < -0.39 is 8.32 Å². The van der Waals surface area contributed by atoms with Crippen LogP contribution in [0.5, 0.6) is 0 Å². The Kier molecular flexibility index (Phi) is 10.3. The van der Waals surface area contributed by atoms with Gasteiger partial charge in [0.25, 0.3) is 8.32 Å². The van der Waals surface area contributed by atoms with E-state index in [9.17, 15) is 0 Å². The van der Waals surface area contributed by atoms with Gasteiger partial charge in [-0.1, -0.05) is 112 Å². The minimum absolute atomic E-state index is 0.0679. The van der Waals surface area contributed by atoms with E-state index in [0.29, 0.717) is 19.8 Å². The van der Waals surface area contributed by atoms with Crippen molar-refractivity contribution < 1.29 is 18.6 Å². The van der Waals surface area contributed by atoms with E-state index >= 15 is 0 Å². The van der Waals surface area contributed by atoms with Crippen LogP contribution in [0.3, 0.4) is 0 Å². The molecule has 0 radical (unpaired) electrons. The van der Waals surface area contributed by atoms with E-state index in [1.165, 1.54) is 15.9 Å². The Morgan fingerprint density at radius 2 is 1.26 bits per heavy atom. The fourth-order valence-electron chi connectivity index (χ4n) is 5.60. The van der Waals surface area contributed by atoms with Gasteiger partial charge in [0.05, 0.1) is 32.0 Å². The molecule has 1 fully saturated rings. The number of ether oxygens (including phenoxy) is 3. The summed E-state index contributed by atoms with van der Waals surface area (Å²) in [6.45, 7) is 8.57. The van der Waals surface area contributed by atoms with Crippen LogP contribution in [0.2, 0.25) is 5.04 Å². The SMILES string of the molecule is CO[C@H](CO[C@H]1CCC[C@@H](OCc2ccccc2)C1)CO[Si](c1ccccc1)(c1ccccc1)C(C)(C)C. The minimum atomic E-state index is -2.61. The Labute approximate surface area is 230 Å². The van der Waals surface area contributed by atoms with Crippen molar-refractivity contribution in [2.24, 2.45) is 0 Å². The van der Waals surface area contributed by atoms with E-state index in [1.807, 2.05) is 6.07 Å². The van der Waals surface area contributed by atoms with Crippen molar-refractivity contribution in [1.29, 1.82) is 0 Å². The van der Waals surface area contributed by atoms with Crippen LogP contribution in [0.15, 0.2) is 91.0 Å². The molecular weight excluding hydrogens is 488 g/mol. The first kappa shape index (κ1) is 28.7. The van der Waals surface area contributed by atoms with Gasteiger partial charge in [-0.2, -0.15) is 0 Å². The van der Waals surface area contributed by atoms with Crippen LogP contribution in [0.25, 0.3) is 0 Å². The lowest BCUT2D eigenvalue weighted by Gasteiger charge is -2.43. The third kappa shape index (κ3) is 7.22. The molecule has 38 heavy (non-hydrogen) atoms. The highest BCUT2D eigenvalue weighted by molar-refractivity contribution is 6.99. The van der Waals surface area contributed by atoms with Gasteiger partial charge in [0, 0.05) is 7.11 Å². The van der Waals surface area contributed by atoms with Crippen LogP contribution >= 0.6 is 0 Å². The summed E-state index contributed by atoms with van der Waals surface area (Å²) >= 11 is 0. The second-order valence-electron chi connectivity index (χ2n) is 11.4. The van der Waals surface area contributed by atoms with Crippen LogP contribution < -0.4 is 10.4 Å². The highest BCUT2D eigenvalue weighted by atomic mass is 28.4. The van der Waals surface area contributed by atoms with Crippen molar-refractivity contribution in [1.82, 2.24) is 0 Å². The molecule has 4 nitrogen and oxygen atoms in total. The van der Waals surface area contributed by atoms with Gasteiger partial charge in [-0.25, -0.2) is 0 Å². The first-order valence-corrected chi connectivity index (χ1v) is 15.9. The zero-order valence-electron chi connectivity index (χ0n) is 23.5. The molecule has 0 amide bonds. The second-order valence-corrected chi connectivity index (χ2v) is 15.7. The molecule has 5 heteroatoms. The minimum Gasteiger partial charge on any atom is -0.405 e. The lowest BCUT2D eigenvalue weighted by atomic mass is 9.95. The summed E-state index contributed by atoms with van der Waals surface area (Å²) in [5, 5.41) is 2.49. The molecule has 0 aromatic heterocycles. The Morgan fingerprint density at radius 3 is 1.79 bits per heavy atom. The van der Waals surface area contributed by atoms with Crippen LogP contribution in [-0.4, -0.2) is 47.0 Å². The van der Waals surface area contributed by atoms with Crippen molar-refractivity contribution in [3.63, 3.8) is 0 Å². The van der Waals surface area contributed by atoms with Gasteiger partial charge < -0.3 is 18.6 Å². The van der Waals surface area contributed by atoms with Gasteiger partial charge in [-0.15, -0.1) is 0 Å². The van der Waals surface area contributed by atoms with Crippen LogP contribution in [0.1, 0.15) is 52.0 Å². The molecule has 1 aliphatic carbocycles. The fraction of sp³-hybridized carbons (Fsp3) is 0.455. The summed E-state index contributed by atoms with van der Waals surface area (Å²) in [6.07, 6.45) is 4.51. The molecule has 4 rings (SSSR count). The average Bonchev–Trinajstić information content (AvgIpc) is 2.95. The predicted octanol–water partition coefficient (Wildman–Crippen LogP) is 6.12. The number of hydrogen-bond donors (Lipinski definition) is 0. The van der Waals surface area contributed by atoms with Crippen LogP contribution in [0.4, 0.5) is 0 Å². The molecule has 0 N–H and O–H groups in total. The van der Waals surface area contributed by atoms with Crippen molar-refractivity contribution >= 4 is 18.7 Å². The van der Waals surface area contributed by atoms with E-state index in [-0.39, 0.29) is 23.4 Å². The third-order valence-electron chi connectivity index (χ3n) is 7.66. The maximum absolute atomic E-state index is 7.08. The molecule has 0 heterocycles. The first-order chi connectivity index (χ1) is 18.4. The van der Waals surface area contributed by atoms with Crippen LogP contribution in [0, 0.1) is 0 Å². The quantitative estimate of drug-likeness (QED) is 0.263. The first-order valence-electron chi connectivity index (χ1n) is 14.0. The molecule has 0 aliphatic heterocycles.